The van der Waals surface area contributed by atoms with Gasteiger partial charge in [-0.3, -0.25) is 23.4 Å². The van der Waals surface area contributed by atoms with E-state index in [9.17, 15) is 24.1 Å². The number of rotatable bonds is 13. The third-order valence-corrected chi connectivity index (χ3v) is 6.98. The molecule has 2 aromatic rings. The van der Waals surface area contributed by atoms with Gasteiger partial charge in [-0.25, -0.2) is 4.57 Å². The number of carbonyl (C=O) groups is 3. The van der Waals surface area contributed by atoms with E-state index in [1.165, 1.54) is 65.4 Å². The molecule has 196 valence electrons. The molecule has 0 saturated heterocycles. The van der Waals surface area contributed by atoms with Crippen molar-refractivity contribution in [1.29, 1.82) is 0 Å². The number of carbonyl (C=O) groups excluding carboxylic acids is 3. The van der Waals surface area contributed by atoms with E-state index in [-0.39, 0.29) is 37.6 Å². The molecular formula is C24H28IO10P. The summed E-state index contributed by atoms with van der Waals surface area (Å²) in [7, 11) is 0. The predicted octanol–water partition coefficient (Wildman–Crippen LogP) is 5.58. The molecule has 0 amide bonds. The predicted molar refractivity (Wildman–Crippen MR) is 138 cm³/mol. The Morgan fingerprint density at radius 3 is 1.64 bits per heavy atom. The smallest absolute Gasteiger partial charge is 0.390 e. The Labute approximate surface area is 222 Å². The number of phenolic OH excluding ortho intramolecular Hbond substituents is 1. The topological polar surface area (TPSA) is 135 Å². The molecule has 0 aliphatic carbocycles. The van der Waals surface area contributed by atoms with E-state index < -0.39 is 35.4 Å². The molecule has 10 nitrogen and oxygen atoms in total. The van der Waals surface area contributed by atoms with Crippen LogP contribution in [0.3, 0.4) is 0 Å². The van der Waals surface area contributed by atoms with Crippen molar-refractivity contribution >= 4 is 45.2 Å². The quantitative estimate of drug-likeness (QED) is 0.129. The van der Waals surface area contributed by atoms with Gasteiger partial charge in [-0.2, -0.15) is 0 Å². The van der Waals surface area contributed by atoms with E-state index in [2.05, 4.69) is 0 Å². The minimum absolute atomic E-state index is 0.00856. The van der Waals surface area contributed by atoms with Crippen molar-refractivity contribution in [3.8, 4) is 11.5 Å². The lowest BCUT2D eigenvalue weighted by molar-refractivity contribution is -0.145. The largest absolute Gasteiger partial charge is 0.508 e. The number of hydrogen-bond acceptors (Lipinski definition) is 10. The fraction of sp³-hybridized carbons (Fsp3) is 0.375. The van der Waals surface area contributed by atoms with Gasteiger partial charge < -0.3 is 19.3 Å². The molecule has 0 fully saturated rings. The number of hydrogen-bond donors (Lipinski definition) is 1. The molecule has 0 saturated carbocycles. The van der Waals surface area contributed by atoms with Crippen molar-refractivity contribution in [1.82, 2.24) is 0 Å². The lowest BCUT2D eigenvalue weighted by Gasteiger charge is -2.25. The number of phenols is 1. The molecule has 0 heterocycles. The van der Waals surface area contributed by atoms with E-state index in [0.717, 1.165) is 0 Å². The summed E-state index contributed by atoms with van der Waals surface area (Å²) in [5.41, 5.74) is 0.931. The molecular weight excluding hydrogens is 606 g/mol. The van der Waals surface area contributed by atoms with Crippen LogP contribution < -0.4 is 4.74 Å². The molecule has 3 unspecified atom stereocenters. The number of ether oxygens (including phenoxy) is 3. The summed E-state index contributed by atoms with van der Waals surface area (Å²) in [4.78, 5) is 35.6. The van der Waals surface area contributed by atoms with Crippen molar-refractivity contribution in [2.45, 2.75) is 45.8 Å². The Morgan fingerprint density at radius 1 is 0.833 bits per heavy atom. The first-order valence-electron chi connectivity index (χ1n) is 11.1. The van der Waals surface area contributed by atoms with Crippen molar-refractivity contribution < 1.29 is 47.3 Å². The van der Waals surface area contributed by atoms with Gasteiger partial charge in [0.05, 0.1) is 48.1 Å². The first kappa shape index (κ1) is 29.8. The molecule has 2 aromatic carbocycles. The highest BCUT2D eigenvalue weighted by molar-refractivity contribution is 14.2. The zero-order valence-electron chi connectivity index (χ0n) is 20.0. The SMILES string of the molecule is CCOC(=O)CC(OP(=O)(I)OC(CC(=O)OCC)c1ccc(OC(C)=O)cc1)c1ccc(O)cc1. The van der Waals surface area contributed by atoms with Crippen LogP contribution in [-0.2, 0) is 37.5 Å². The third-order valence-electron chi connectivity index (χ3n) is 4.60. The molecule has 0 radical (unpaired) electrons. The van der Waals surface area contributed by atoms with Crippen LogP contribution >= 0.6 is 27.3 Å². The molecule has 1 N–H and O–H groups in total. The first-order chi connectivity index (χ1) is 17.0. The Kier molecular flexibility index (Phi) is 11.8. The molecule has 2 rings (SSSR count). The maximum atomic E-state index is 13.5. The van der Waals surface area contributed by atoms with E-state index in [4.69, 9.17) is 23.3 Å². The molecule has 0 aromatic heterocycles. The normalized spacial score (nSPS) is 14.2. The molecule has 12 heteroatoms. The van der Waals surface area contributed by atoms with Crippen molar-refractivity contribution in [2.75, 3.05) is 13.2 Å². The molecule has 36 heavy (non-hydrogen) atoms. The second kappa shape index (κ2) is 14.3. The maximum Gasteiger partial charge on any atom is 0.390 e. The lowest BCUT2D eigenvalue weighted by Crippen LogP contribution is -2.15. The van der Waals surface area contributed by atoms with Crippen LogP contribution in [0.2, 0.25) is 0 Å². The minimum Gasteiger partial charge on any atom is -0.508 e. The average molecular weight is 634 g/mol. The highest BCUT2D eigenvalue weighted by atomic mass is 127. The van der Waals surface area contributed by atoms with E-state index in [1.54, 1.807) is 26.0 Å². The van der Waals surface area contributed by atoms with Crippen LogP contribution in [0.1, 0.15) is 56.9 Å². The number of halogens is 1. The third kappa shape index (κ3) is 10.3. The summed E-state index contributed by atoms with van der Waals surface area (Å²) in [5.74, 6) is -1.35. The summed E-state index contributed by atoms with van der Waals surface area (Å²) in [6, 6.07) is 12.0. The maximum absolute atomic E-state index is 13.5. The molecule has 0 aliphatic rings. The van der Waals surface area contributed by atoms with Gasteiger partial charge in [-0.1, -0.05) is 24.3 Å². The van der Waals surface area contributed by atoms with Gasteiger partial charge in [-0.05, 0) is 49.2 Å². The second-order valence-corrected chi connectivity index (χ2v) is 12.2. The van der Waals surface area contributed by atoms with Gasteiger partial charge in [0, 0.05) is 6.92 Å². The summed E-state index contributed by atoms with van der Waals surface area (Å²) in [6.45, 7) is 4.90. The number of aromatic hydroxyl groups is 1. The monoisotopic (exact) mass is 634 g/mol. The summed E-state index contributed by atoms with van der Waals surface area (Å²) >= 11 is 1.51. The van der Waals surface area contributed by atoms with Crippen LogP contribution in [0.4, 0.5) is 0 Å². The minimum atomic E-state index is -3.93. The van der Waals surface area contributed by atoms with Crippen molar-refractivity contribution in [3.63, 3.8) is 0 Å². The van der Waals surface area contributed by atoms with E-state index >= 15 is 0 Å². The Hall–Kier alpha value is -2.47. The van der Waals surface area contributed by atoms with Gasteiger partial charge >= 0.3 is 23.1 Å². The first-order valence-corrected chi connectivity index (χ1v) is 15.4. The van der Waals surface area contributed by atoms with Crippen molar-refractivity contribution in [3.05, 3.63) is 59.7 Å². The van der Waals surface area contributed by atoms with Gasteiger partial charge in [0.1, 0.15) is 23.7 Å². The Balaban J connectivity index is 2.29. The number of esters is 3. The molecule has 0 aliphatic heterocycles. The van der Waals surface area contributed by atoms with Crippen LogP contribution in [-0.4, -0.2) is 36.2 Å². The molecule has 0 bridgehead atoms. The standard InChI is InChI=1S/C24H28IO10P/c1-4-31-23(28)14-21(17-6-10-19(27)11-7-17)34-36(25,30)35-22(15-24(29)32-5-2)18-8-12-20(13-9-18)33-16(3)26/h6-13,21-22,27H,4-5,14-15H2,1-3H3. The van der Waals surface area contributed by atoms with Crippen LogP contribution in [0.5, 0.6) is 11.5 Å². The Bertz CT molecular complexity index is 1070. The van der Waals surface area contributed by atoms with Gasteiger partial charge in [0.15, 0.2) is 0 Å². The fourth-order valence-corrected chi connectivity index (χ4v) is 5.81. The molecule has 3 atom stereocenters. The van der Waals surface area contributed by atoms with E-state index in [0.29, 0.717) is 11.1 Å². The molecule has 0 spiro atoms. The van der Waals surface area contributed by atoms with Crippen LogP contribution in [0, 0.1) is 0 Å². The van der Waals surface area contributed by atoms with Crippen LogP contribution in [0.15, 0.2) is 48.5 Å². The number of benzene rings is 2. The zero-order valence-corrected chi connectivity index (χ0v) is 23.1. The second-order valence-electron chi connectivity index (χ2n) is 7.39. The fourth-order valence-electron chi connectivity index (χ4n) is 3.11. The summed E-state index contributed by atoms with van der Waals surface area (Å²) < 4.78 is 40.1. The van der Waals surface area contributed by atoms with Crippen molar-refractivity contribution in [2.24, 2.45) is 0 Å². The van der Waals surface area contributed by atoms with Gasteiger partial charge in [0.25, 0.3) is 0 Å². The average Bonchev–Trinajstić information content (AvgIpc) is 2.79. The zero-order chi connectivity index (χ0) is 26.7. The van der Waals surface area contributed by atoms with E-state index in [1.807, 2.05) is 0 Å². The summed E-state index contributed by atoms with van der Waals surface area (Å²) in [5, 5.41) is 5.67. The van der Waals surface area contributed by atoms with Gasteiger partial charge in [-0.15, -0.1) is 0 Å². The lowest BCUT2D eigenvalue weighted by atomic mass is 10.1. The Morgan fingerprint density at radius 2 is 1.25 bits per heavy atom. The highest BCUT2D eigenvalue weighted by Gasteiger charge is 2.33. The highest BCUT2D eigenvalue weighted by Crippen LogP contribution is 2.63. The summed E-state index contributed by atoms with van der Waals surface area (Å²) in [6.07, 6.45) is -2.56. The van der Waals surface area contributed by atoms with Gasteiger partial charge in [0.2, 0.25) is 0 Å². The van der Waals surface area contributed by atoms with Crippen LogP contribution in [0.25, 0.3) is 0 Å².